The van der Waals surface area contributed by atoms with E-state index in [4.69, 9.17) is 21.1 Å². The number of nitrogens with zero attached hydrogens (tertiary/aromatic N) is 3. The van der Waals surface area contributed by atoms with Gasteiger partial charge in [0.15, 0.2) is 5.82 Å². The lowest BCUT2D eigenvalue weighted by Gasteiger charge is -2.30. The molecule has 194 valence electrons. The van der Waals surface area contributed by atoms with Crippen LogP contribution in [0.4, 0.5) is 30.4 Å². The zero-order valence-corrected chi connectivity index (χ0v) is 20.1. The first-order valence-electron chi connectivity index (χ1n) is 11.5. The molecule has 3 aromatic rings. The van der Waals surface area contributed by atoms with E-state index in [1.54, 1.807) is 0 Å². The predicted molar refractivity (Wildman–Crippen MR) is 132 cm³/mol. The average Bonchev–Trinajstić information content (AvgIpc) is 2.90. The minimum absolute atomic E-state index is 0.0233. The first kappa shape index (κ1) is 24.9. The Hall–Kier alpha value is -3.77. The number of hydrogen-bond acceptors (Lipinski definition) is 8. The van der Waals surface area contributed by atoms with Crippen molar-refractivity contribution in [1.82, 2.24) is 15.3 Å². The fraction of sp³-hybridized carbons (Fsp3) is 0.292. The maximum Gasteiger partial charge on any atom is 0.416 e. The number of aromatic nitrogens is 2. The van der Waals surface area contributed by atoms with Crippen molar-refractivity contribution in [3.8, 4) is 17.4 Å². The molecule has 0 spiro atoms. The van der Waals surface area contributed by atoms with Gasteiger partial charge < -0.3 is 30.3 Å². The monoisotopic (exact) mass is 534 g/mol. The number of carbonyl (C=O) groups excluding carboxylic acids is 1. The Morgan fingerprint density at radius 3 is 2.70 bits per heavy atom. The molecule has 0 unspecified atom stereocenters. The molecule has 3 N–H and O–H groups in total. The number of alkyl halides is 3. The van der Waals surface area contributed by atoms with Crippen LogP contribution >= 0.6 is 11.6 Å². The van der Waals surface area contributed by atoms with Crippen LogP contribution in [0.1, 0.15) is 15.9 Å². The van der Waals surface area contributed by atoms with Gasteiger partial charge in [0.2, 0.25) is 5.75 Å². The van der Waals surface area contributed by atoms with E-state index >= 15 is 0 Å². The van der Waals surface area contributed by atoms with Gasteiger partial charge in [0, 0.05) is 43.1 Å². The summed E-state index contributed by atoms with van der Waals surface area (Å²) >= 11 is 6.28. The van der Waals surface area contributed by atoms with Gasteiger partial charge >= 0.3 is 6.18 Å². The van der Waals surface area contributed by atoms with Gasteiger partial charge in [-0.05, 0) is 36.4 Å². The summed E-state index contributed by atoms with van der Waals surface area (Å²) in [6, 6.07) is 7.82. The van der Waals surface area contributed by atoms with E-state index in [9.17, 15) is 18.0 Å². The topological polar surface area (TPSA) is 101 Å². The lowest BCUT2D eigenvalue weighted by Crippen LogP contribution is -2.43. The normalized spacial score (nSPS) is 15.3. The predicted octanol–water partition coefficient (Wildman–Crippen LogP) is 4.41. The Balaban J connectivity index is 1.40. The van der Waals surface area contributed by atoms with Crippen molar-refractivity contribution in [3.63, 3.8) is 0 Å². The van der Waals surface area contributed by atoms with Crippen LogP contribution in [0, 0.1) is 0 Å². The second kappa shape index (κ2) is 10.3. The molecule has 0 bridgehead atoms. The number of carbonyl (C=O) groups is 1. The number of ether oxygens (including phenoxy) is 2. The summed E-state index contributed by atoms with van der Waals surface area (Å²) in [6.45, 7) is 3.38. The fourth-order valence-electron chi connectivity index (χ4n) is 3.99. The lowest BCUT2D eigenvalue weighted by molar-refractivity contribution is -0.137. The van der Waals surface area contributed by atoms with Crippen LogP contribution in [-0.4, -0.2) is 55.2 Å². The van der Waals surface area contributed by atoms with E-state index in [-0.39, 0.29) is 27.9 Å². The van der Waals surface area contributed by atoms with E-state index in [1.807, 2.05) is 4.90 Å². The number of piperazine rings is 1. The summed E-state index contributed by atoms with van der Waals surface area (Å²) in [6.07, 6.45) is -3.28. The molecule has 1 saturated heterocycles. The van der Waals surface area contributed by atoms with Gasteiger partial charge in [-0.2, -0.15) is 18.2 Å². The highest BCUT2D eigenvalue weighted by atomic mass is 35.5. The maximum absolute atomic E-state index is 13.6. The van der Waals surface area contributed by atoms with Gasteiger partial charge in [-0.15, -0.1) is 0 Å². The Bertz CT molecular complexity index is 1320. The number of rotatable bonds is 5. The summed E-state index contributed by atoms with van der Waals surface area (Å²) < 4.78 is 52.2. The standard InChI is InChI=1S/C24H22ClF3N6O3/c25-18-2-1-14(9-19(18)37-23-20-21(31-13-32-23)30-5-8-36-20)22(35)33-16-10-15(24(26,27)28)11-17(12-16)34-6-3-29-4-7-34/h1-2,9-13,29H,3-8H2,(H,33,35)(H,30,31,32). The maximum atomic E-state index is 13.6. The highest BCUT2D eigenvalue weighted by Gasteiger charge is 2.32. The first-order valence-corrected chi connectivity index (χ1v) is 11.8. The summed E-state index contributed by atoms with van der Waals surface area (Å²) in [5.41, 5.74) is -0.312. The van der Waals surface area contributed by atoms with E-state index in [0.29, 0.717) is 56.6 Å². The molecule has 2 aromatic carbocycles. The Morgan fingerprint density at radius 1 is 1.11 bits per heavy atom. The molecule has 0 aliphatic carbocycles. The van der Waals surface area contributed by atoms with Gasteiger partial charge in [-0.25, -0.2) is 4.98 Å². The molecule has 13 heteroatoms. The summed E-state index contributed by atoms with van der Waals surface area (Å²) in [5.74, 6) is 0.370. The smallest absolute Gasteiger partial charge is 0.416 e. The molecule has 2 aliphatic rings. The first-order chi connectivity index (χ1) is 17.8. The van der Waals surface area contributed by atoms with Crippen molar-refractivity contribution in [2.24, 2.45) is 0 Å². The third kappa shape index (κ3) is 5.65. The fourth-order valence-corrected chi connectivity index (χ4v) is 4.15. The van der Waals surface area contributed by atoms with Crippen molar-refractivity contribution < 1.29 is 27.4 Å². The minimum Gasteiger partial charge on any atom is -0.483 e. The van der Waals surface area contributed by atoms with Crippen molar-refractivity contribution in [2.75, 3.05) is 54.9 Å². The van der Waals surface area contributed by atoms with E-state index in [2.05, 4.69) is 25.9 Å². The van der Waals surface area contributed by atoms with Crippen molar-refractivity contribution in [3.05, 3.63) is 58.9 Å². The number of halogens is 4. The molecule has 1 amide bonds. The quantitative estimate of drug-likeness (QED) is 0.443. The number of benzene rings is 2. The summed E-state index contributed by atoms with van der Waals surface area (Å²) in [7, 11) is 0. The number of hydrogen-bond donors (Lipinski definition) is 3. The molecule has 1 aromatic heterocycles. The van der Waals surface area contributed by atoms with E-state index in [0.717, 1.165) is 12.1 Å². The Morgan fingerprint density at radius 2 is 1.92 bits per heavy atom. The second-order valence-corrected chi connectivity index (χ2v) is 8.74. The number of anilines is 3. The average molecular weight is 535 g/mol. The van der Waals surface area contributed by atoms with Crippen LogP contribution < -0.4 is 30.3 Å². The molecular formula is C24H22ClF3N6O3. The molecule has 2 aliphatic heterocycles. The van der Waals surface area contributed by atoms with Gasteiger partial charge in [0.25, 0.3) is 11.8 Å². The van der Waals surface area contributed by atoms with Gasteiger partial charge in [-0.3, -0.25) is 4.79 Å². The van der Waals surface area contributed by atoms with Crippen LogP contribution in [-0.2, 0) is 6.18 Å². The van der Waals surface area contributed by atoms with Gasteiger partial charge in [0.1, 0.15) is 18.7 Å². The molecule has 3 heterocycles. The Kier molecular flexibility index (Phi) is 6.94. The molecule has 0 atom stereocenters. The van der Waals surface area contributed by atoms with Crippen molar-refractivity contribution >= 4 is 34.7 Å². The largest absolute Gasteiger partial charge is 0.483 e. The zero-order valence-electron chi connectivity index (χ0n) is 19.4. The number of fused-ring (bicyclic) bond motifs is 1. The van der Waals surface area contributed by atoms with Crippen molar-refractivity contribution in [2.45, 2.75) is 6.18 Å². The molecule has 0 radical (unpaired) electrons. The number of amides is 1. The summed E-state index contributed by atoms with van der Waals surface area (Å²) in [4.78, 5) is 23.1. The van der Waals surface area contributed by atoms with Crippen LogP contribution in [0.25, 0.3) is 0 Å². The third-order valence-corrected chi connectivity index (χ3v) is 6.11. The second-order valence-electron chi connectivity index (χ2n) is 8.34. The molecular weight excluding hydrogens is 513 g/mol. The highest BCUT2D eigenvalue weighted by Crippen LogP contribution is 2.39. The highest BCUT2D eigenvalue weighted by molar-refractivity contribution is 6.32. The number of nitrogens with one attached hydrogen (secondary N) is 3. The van der Waals surface area contributed by atoms with E-state index in [1.165, 1.54) is 30.6 Å². The molecule has 37 heavy (non-hydrogen) atoms. The molecule has 0 saturated carbocycles. The van der Waals surface area contributed by atoms with Crippen LogP contribution in [0.3, 0.4) is 0 Å². The van der Waals surface area contributed by atoms with Crippen LogP contribution in [0.2, 0.25) is 5.02 Å². The lowest BCUT2D eigenvalue weighted by atomic mass is 10.1. The van der Waals surface area contributed by atoms with Crippen LogP contribution in [0.15, 0.2) is 42.7 Å². The van der Waals surface area contributed by atoms with Gasteiger partial charge in [0.05, 0.1) is 17.1 Å². The molecule has 1 fully saturated rings. The van der Waals surface area contributed by atoms with E-state index < -0.39 is 17.6 Å². The third-order valence-electron chi connectivity index (χ3n) is 5.80. The molecule has 5 rings (SSSR count). The van der Waals surface area contributed by atoms with Gasteiger partial charge in [-0.1, -0.05) is 11.6 Å². The van der Waals surface area contributed by atoms with Crippen molar-refractivity contribution in [1.29, 1.82) is 0 Å². The Labute approximate surface area is 214 Å². The zero-order chi connectivity index (χ0) is 26.0. The molecule has 9 nitrogen and oxygen atoms in total. The van der Waals surface area contributed by atoms with Crippen LogP contribution in [0.5, 0.6) is 17.4 Å². The summed E-state index contributed by atoms with van der Waals surface area (Å²) in [5, 5.41) is 9.00. The SMILES string of the molecule is O=C(Nc1cc(N2CCNCC2)cc(C(F)(F)F)c1)c1ccc(Cl)c(Oc2ncnc3c2OCCN3)c1. The minimum atomic E-state index is -4.57.